The summed E-state index contributed by atoms with van der Waals surface area (Å²) in [5.41, 5.74) is 0.765. The summed E-state index contributed by atoms with van der Waals surface area (Å²) in [6.45, 7) is 1.10. The molecular weight excluding hydrogens is 276 g/mol. The average molecular weight is 297 g/mol. The molecule has 1 aromatic rings. The molecule has 1 heterocycles. The predicted molar refractivity (Wildman–Crippen MR) is 78.6 cm³/mol. The Labute approximate surface area is 124 Å². The number of ether oxygens (including phenoxy) is 2. The summed E-state index contributed by atoms with van der Waals surface area (Å²) in [4.78, 5) is 0. The number of aliphatic hydroxyl groups is 1. The van der Waals surface area contributed by atoms with E-state index in [0.717, 1.165) is 12.0 Å². The van der Waals surface area contributed by atoms with Crippen molar-refractivity contribution in [1.82, 2.24) is 0 Å². The Morgan fingerprint density at radius 3 is 2.45 bits per heavy atom. The third kappa shape index (κ3) is 3.04. The van der Waals surface area contributed by atoms with Crippen molar-refractivity contribution >= 4 is 11.6 Å². The Hall–Kier alpha value is -0.930. The van der Waals surface area contributed by atoms with Gasteiger partial charge in [-0.1, -0.05) is 43.7 Å². The van der Waals surface area contributed by atoms with Crippen molar-refractivity contribution in [2.24, 2.45) is 5.92 Å². The summed E-state index contributed by atoms with van der Waals surface area (Å²) in [5.74, 6) is 1.98. The first kappa shape index (κ1) is 14.0. The van der Waals surface area contributed by atoms with Crippen molar-refractivity contribution in [2.75, 3.05) is 13.2 Å². The van der Waals surface area contributed by atoms with Gasteiger partial charge in [0, 0.05) is 11.6 Å². The molecule has 4 heteroatoms. The molecule has 0 spiro atoms. The molecule has 110 valence electrons. The van der Waals surface area contributed by atoms with Crippen LogP contribution in [0.1, 0.15) is 50.2 Å². The highest BCUT2D eigenvalue weighted by Crippen LogP contribution is 2.40. The van der Waals surface area contributed by atoms with Gasteiger partial charge in [0.15, 0.2) is 11.5 Å². The van der Waals surface area contributed by atoms with Crippen molar-refractivity contribution in [3.63, 3.8) is 0 Å². The van der Waals surface area contributed by atoms with E-state index in [1.807, 2.05) is 6.07 Å². The molecule has 2 aliphatic rings. The maximum Gasteiger partial charge on any atom is 0.162 e. The Balaban J connectivity index is 1.74. The molecule has 0 bridgehead atoms. The maximum absolute atomic E-state index is 10.5. The molecule has 1 N–H and O–H groups in total. The van der Waals surface area contributed by atoms with Crippen LogP contribution in [0.4, 0.5) is 0 Å². The van der Waals surface area contributed by atoms with Crippen LogP contribution >= 0.6 is 11.6 Å². The van der Waals surface area contributed by atoms with Crippen LogP contribution in [0.5, 0.6) is 11.5 Å². The first-order chi connectivity index (χ1) is 9.74. The van der Waals surface area contributed by atoms with Crippen molar-refractivity contribution in [2.45, 2.75) is 44.6 Å². The second kappa shape index (κ2) is 6.23. The number of halogens is 1. The van der Waals surface area contributed by atoms with Gasteiger partial charge in [-0.05, 0) is 18.4 Å². The summed E-state index contributed by atoms with van der Waals surface area (Å²) >= 11 is 6.28. The Kier molecular flexibility index (Phi) is 4.37. The quantitative estimate of drug-likeness (QED) is 0.912. The summed E-state index contributed by atoms with van der Waals surface area (Å²) < 4.78 is 11.1. The Morgan fingerprint density at radius 2 is 1.75 bits per heavy atom. The molecule has 1 unspecified atom stereocenters. The molecule has 0 radical (unpaired) electrons. The van der Waals surface area contributed by atoms with E-state index in [4.69, 9.17) is 21.1 Å². The Bertz CT molecular complexity index is 469. The minimum absolute atomic E-state index is 0.513. The van der Waals surface area contributed by atoms with Gasteiger partial charge in [-0.3, -0.25) is 0 Å². The number of aliphatic hydroxyl groups excluding tert-OH is 1. The largest absolute Gasteiger partial charge is 0.486 e. The lowest BCUT2D eigenvalue weighted by molar-refractivity contribution is 0.129. The number of benzene rings is 1. The molecule has 1 saturated carbocycles. The monoisotopic (exact) mass is 296 g/mol. The topological polar surface area (TPSA) is 38.7 Å². The van der Waals surface area contributed by atoms with E-state index in [9.17, 15) is 5.11 Å². The third-order valence-corrected chi connectivity index (χ3v) is 4.63. The number of rotatable bonds is 3. The highest BCUT2D eigenvalue weighted by Gasteiger charge is 2.23. The highest BCUT2D eigenvalue weighted by molar-refractivity contribution is 6.31. The maximum atomic E-state index is 10.5. The van der Waals surface area contributed by atoms with E-state index in [-0.39, 0.29) is 0 Å². The molecule has 3 rings (SSSR count). The molecule has 1 aliphatic heterocycles. The smallest absolute Gasteiger partial charge is 0.162 e. The van der Waals surface area contributed by atoms with Crippen LogP contribution in [0.2, 0.25) is 5.02 Å². The zero-order valence-corrected chi connectivity index (χ0v) is 12.4. The van der Waals surface area contributed by atoms with Gasteiger partial charge < -0.3 is 14.6 Å². The SMILES string of the molecule is OC(CC1CCCCC1)c1cc2c(cc1Cl)OCCO2. The second-order valence-corrected chi connectivity index (χ2v) is 6.18. The van der Waals surface area contributed by atoms with E-state index in [1.165, 1.54) is 32.1 Å². The minimum atomic E-state index is -0.513. The van der Waals surface area contributed by atoms with Crippen LogP contribution in [0.25, 0.3) is 0 Å². The fraction of sp³-hybridized carbons (Fsp3) is 0.625. The lowest BCUT2D eigenvalue weighted by atomic mass is 9.84. The van der Waals surface area contributed by atoms with E-state index in [1.54, 1.807) is 6.07 Å². The molecule has 0 amide bonds. The number of hydrogen-bond donors (Lipinski definition) is 1. The van der Waals surface area contributed by atoms with E-state index >= 15 is 0 Å². The van der Waals surface area contributed by atoms with Gasteiger partial charge in [-0.25, -0.2) is 0 Å². The minimum Gasteiger partial charge on any atom is -0.486 e. The van der Waals surface area contributed by atoms with Gasteiger partial charge in [-0.2, -0.15) is 0 Å². The van der Waals surface area contributed by atoms with Gasteiger partial charge in [0.05, 0.1) is 11.1 Å². The van der Waals surface area contributed by atoms with Gasteiger partial charge in [-0.15, -0.1) is 0 Å². The predicted octanol–water partition coefficient (Wildman–Crippen LogP) is 4.12. The number of fused-ring (bicyclic) bond motifs is 1. The van der Waals surface area contributed by atoms with Crippen LogP contribution < -0.4 is 9.47 Å². The summed E-state index contributed by atoms with van der Waals surface area (Å²) in [5, 5.41) is 11.0. The normalized spacial score (nSPS) is 20.7. The molecule has 3 nitrogen and oxygen atoms in total. The fourth-order valence-corrected chi connectivity index (χ4v) is 3.48. The van der Waals surface area contributed by atoms with Gasteiger partial charge in [0.2, 0.25) is 0 Å². The van der Waals surface area contributed by atoms with Crippen LogP contribution in [-0.4, -0.2) is 18.3 Å². The highest BCUT2D eigenvalue weighted by atomic mass is 35.5. The van der Waals surface area contributed by atoms with E-state index in [0.29, 0.717) is 35.7 Å². The van der Waals surface area contributed by atoms with Gasteiger partial charge in [0.1, 0.15) is 13.2 Å². The number of hydrogen-bond acceptors (Lipinski definition) is 3. The van der Waals surface area contributed by atoms with Crippen molar-refractivity contribution in [3.8, 4) is 11.5 Å². The third-order valence-electron chi connectivity index (χ3n) is 4.30. The molecule has 1 aliphatic carbocycles. The lowest BCUT2D eigenvalue weighted by Crippen LogP contribution is -2.16. The molecule has 0 aromatic heterocycles. The molecule has 1 atom stereocenters. The lowest BCUT2D eigenvalue weighted by Gasteiger charge is -2.26. The molecule has 1 fully saturated rings. The Morgan fingerprint density at radius 1 is 1.10 bits per heavy atom. The van der Waals surface area contributed by atoms with Crippen LogP contribution in [-0.2, 0) is 0 Å². The molecule has 0 saturated heterocycles. The van der Waals surface area contributed by atoms with Gasteiger partial charge >= 0.3 is 0 Å². The van der Waals surface area contributed by atoms with Crippen molar-refractivity contribution in [3.05, 3.63) is 22.7 Å². The molecule has 20 heavy (non-hydrogen) atoms. The summed E-state index contributed by atoms with van der Waals surface area (Å²) in [6, 6.07) is 3.60. The first-order valence-electron chi connectivity index (χ1n) is 7.51. The summed E-state index contributed by atoms with van der Waals surface area (Å²) in [7, 11) is 0. The van der Waals surface area contributed by atoms with E-state index in [2.05, 4.69) is 0 Å². The van der Waals surface area contributed by atoms with E-state index < -0.39 is 6.10 Å². The van der Waals surface area contributed by atoms with Crippen molar-refractivity contribution < 1.29 is 14.6 Å². The fourth-order valence-electron chi connectivity index (χ4n) is 3.20. The first-order valence-corrected chi connectivity index (χ1v) is 7.89. The summed E-state index contributed by atoms with van der Waals surface area (Å²) in [6.07, 6.45) is 6.62. The standard InChI is InChI=1S/C16H21ClO3/c17-13-10-16-15(19-6-7-20-16)9-12(13)14(18)8-11-4-2-1-3-5-11/h9-11,14,18H,1-8H2. The van der Waals surface area contributed by atoms with Gasteiger partial charge in [0.25, 0.3) is 0 Å². The molecule has 1 aromatic carbocycles. The molecular formula is C16H21ClO3. The second-order valence-electron chi connectivity index (χ2n) is 5.77. The van der Waals surface area contributed by atoms with Crippen LogP contribution in [0, 0.1) is 5.92 Å². The zero-order chi connectivity index (χ0) is 13.9. The van der Waals surface area contributed by atoms with Crippen LogP contribution in [0.3, 0.4) is 0 Å². The van der Waals surface area contributed by atoms with Crippen molar-refractivity contribution in [1.29, 1.82) is 0 Å². The zero-order valence-electron chi connectivity index (χ0n) is 11.6. The van der Waals surface area contributed by atoms with Crippen LogP contribution in [0.15, 0.2) is 12.1 Å². The average Bonchev–Trinajstić information content (AvgIpc) is 2.47.